The molecule has 0 bridgehead atoms. The Bertz CT molecular complexity index is 519. The molecule has 3 atom stereocenters. The van der Waals surface area contributed by atoms with Crippen molar-refractivity contribution < 1.29 is 32.7 Å². The van der Waals surface area contributed by atoms with E-state index >= 15 is 0 Å². The minimum Gasteiger partial charge on any atom is -0.478 e. The van der Waals surface area contributed by atoms with Crippen LogP contribution >= 0.6 is 0 Å². The third-order valence-corrected chi connectivity index (χ3v) is 3.26. The Kier molecular flexibility index (Phi) is 4.87. The van der Waals surface area contributed by atoms with Crippen LogP contribution in [0, 0.1) is 10.1 Å². The van der Waals surface area contributed by atoms with Crippen LogP contribution in [0.15, 0.2) is 24.3 Å². The predicted octanol–water partition coefficient (Wildman–Crippen LogP) is 2.44. The van der Waals surface area contributed by atoms with Gasteiger partial charge in [-0.2, -0.15) is 13.2 Å². The summed E-state index contributed by atoms with van der Waals surface area (Å²) in [6.07, 6.45) is -9.04. The van der Waals surface area contributed by atoms with Gasteiger partial charge in [0.1, 0.15) is 11.9 Å². The van der Waals surface area contributed by atoms with Crippen molar-refractivity contribution >= 4 is 5.69 Å². The van der Waals surface area contributed by atoms with Crippen LogP contribution in [-0.2, 0) is 4.74 Å². The highest BCUT2D eigenvalue weighted by Crippen LogP contribution is 2.32. The van der Waals surface area contributed by atoms with E-state index in [4.69, 9.17) is 9.47 Å². The highest BCUT2D eigenvalue weighted by molar-refractivity contribution is 5.36. The van der Waals surface area contributed by atoms with Crippen molar-refractivity contribution in [3.05, 3.63) is 34.4 Å². The van der Waals surface area contributed by atoms with Gasteiger partial charge in [-0.25, -0.2) is 0 Å². The second-order valence-corrected chi connectivity index (χ2v) is 4.92. The second kappa shape index (κ2) is 6.49. The molecule has 1 heterocycles. The number of hydrogen-bond donors (Lipinski definition) is 1. The largest absolute Gasteiger partial charge is 0.478 e. The topological polar surface area (TPSA) is 81.8 Å². The Morgan fingerprint density at radius 2 is 2.00 bits per heavy atom. The molecule has 1 aromatic rings. The van der Waals surface area contributed by atoms with Crippen molar-refractivity contribution in [1.29, 1.82) is 0 Å². The highest BCUT2D eigenvalue weighted by Gasteiger charge is 2.49. The number of aliphatic hydroxyl groups excluding tert-OH is 1. The maximum Gasteiger partial charge on any atom is 0.428 e. The van der Waals surface area contributed by atoms with Gasteiger partial charge in [0, 0.05) is 25.2 Å². The first kappa shape index (κ1) is 16.5. The van der Waals surface area contributed by atoms with Crippen LogP contribution < -0.4 is 4.74 Å². The maximum absolute atomic E-state index is 13.1. The highest BCUT2D eigenvalue weighted by atomic mass is 19.4. The monoisotopic (exact) mass is 321 g/mol. The number of ether oxygens (including phenoxy) is 2. The molecule has 0 aliphatic carbocycles. The molecular formula is C13H14F3NO5. The van der Waals surface area contributed by atoms with Gasteiger partial charge in [0.15, 0.2) is 0 Å². The molecule has 1 unspecified atom stereocenters. The van der Waals surface area contributed by atoms with Crippen LogP contribution in [-0.4, -0.2) is 41.1 Å². The number of alkyl halides is 3. The van der Waals surface area contributed by atoms with Gasteiger partial charge in [0.25, 0.3) is 5.69 Å². The molecule has 122 valence electrons. The molecule has 1 aromatic carbocycles. The average Bonchev–Trinajstić information content (AvgIpc) is 2.44. The zero-order valence-corrected chi connectivity index (χ0v) is 11.3. The van der Waals surface area contributed by atoms with E-state index in [0.717, 1.165) is 24.3 Å². The Balaban J connectivity index is 2.14. The molecule has 9 heteroatoms. The number of nitro benzene ring substituents is 1. The number of hydrogen-bond acceptors (Lipinski definition) is 5. The number of rotatable bonds is 4. The van der Waals surface area contributed by atoms with E-state index in [1.54, 1.807) is 0 Å². The molecule has 0 amide bonds. The molecule has 0 radical (unpaired) electrons. The summed E-state index contributed by atoms with van der Waals surface area (Å²) in [4.78, 5) is 9.85. The fourth-order valence-corrected chi connectivity index (χ4v) is 2.17. The molecule has 6 nitrogen and oxygen atoms in total. The summed E-state index contributed by atoms with van der Waals surface area (Å²) in [5.41, 5.74) is -0.250. The SMILES string of the molecule is O=[N+]([O-])c1ccc(O[C@@H](C2C[C@H](O)CCO2)C(F)(F)F)cc1. The zero-order valence-electron chi connectivity index (χ0n) is 11.3. The van der Waals surface area contributed by atoms with Gasteiger partial charge in [0.05, 0.1) is 11.0 Å². The third-order valence-electron chi connectivity index (χ3n) is 3.26. The molecule has 2 rings (SSSR count). The van der Waals surface area contributed by atoms with Gasteiger partial charge < -0.3 is 14.6 Å². The number of non-ortho nitro benzene ring substituents is 1. The van der Waals surface area contributed by atoms with Crippen LogP contribution in [0.3, 0.4) is 0 Å². The van der Waals surface area contributed by atoms with Gasteiger partial charge in [-0.05, 0) is 18.6 Å². The van der Waals surface area contributed by atoms with Gasteiger partial charge >= 0.3 is 6.18 Å². The van der Waals surface area contributed by atoms with Crippen LogP contribution in [0.4, 0.5) is 18.9 Å². The predicted molar refractivity (Wildman–Crippen MR) is 68.5 cm³/mol. The summed E-state index contributed by atoms with van der Waals surface area (Å²) in [6.45, 7) is 0.0159. The number of nitrogens with zero attached hydrogens (tertiary/aromatic N) is 1. The van der Waals surface area contributed by atoms with Crippen molar-refractivity contribution in [2.24, 2.45) is 0 Å². The molecule has 0 spiro atoms. The van der Waals surface area contributed by atoms with E-state index in [9.17, 15) is 28.4 Å². The summed E-state index contributed by atoms with van der Waals surface area (Å²) in [5, 5.41) is 20.0. The second-order valence-electron chi connectivity index (χ2n) is 4.92. The normalized spacial score (nSPS) is 23.8. The number of halogens is 3. The van der Waals surface area contributed by atoms with E-state index in [1.165, 1.54) is 0 Å². The Labute approximate surface area is 123 Å². The molecule has 0 saturated carbocycles. The molecular weight excluding hydrogens is 307 g/mol. The summed E-state index contributed by atoms with van der Waals surface area (Å²) >= 11 is 0. The zero-order chi connectivity index (χ0) is 16.3. The summed E-state index contributed by atoms with van der Waals surface area (Å²) < 4.78 is 49.4. The van der Waals surface area contributed by atoms with E-state index in [2.05, 4.69) is 0 Å². The average molecular weight is 321 g/mol. The fraction of sp³-hybridized carbons (Fsp3) is 0.538. The lowest BCUT2D eigenvalue weighted by atomic mass is 10.0. The van der Waals surface area contributed by atoms with E-state index in [0.29, 0.717) is 0 Å². The number of benzene rings is 1. The van der Waals surface area contributed by atoms with E-state index in [1.807, 2.05) is 0 Å². The van der Waals surface area contributed by atoms with Crippen molar-refractivity contribution in [3.8, 4) is 5.75 Å². The summed E-state index contributed by atoms with van der Waals surface area (Å²) in [7, 11) is 0. The van der Waals surface area contributed by atoms with Gasteiger partial charge in [0.2, 0.25) is 6.10 Å². The Hall–Kier alpha value is -1.87. The minimum absolute atomic E-state index is 0.0159. The van der Waals surface area contributed by atoms with E-state index < -0.39 is 29.4 Å². The lowest BCUT2D eigenvalue weighted by Gasteiger charge is -2.33. The van der Waals surface area contributed by atoms with Crippen LogP contribution in [0.2, 0.25) is 0 Å². The molecule has 1 N–H and O–H groups in total. The third kappa shape index (κ3) is 4.08. The molecule has 1 aliphatic heterocycles. The quantitative estimate of drug-likeness (QED) is 0.680. The molecule has 1 aliphatic rings. The minimum atomic E-state index is -4.69. The van der Waals surface area contributed by atoms with Gasteiger partial charge in [-0.3, -0.25) is 10.1 Å². The molecule has 22 heavy (non-hydrogen) atoms. The van der Waals surface area contributed by atoms with Crippen molar-refractivity contribution in [1.82, 2.24) is 0 Å². The molecule has 0 aromatic heterocycles. The van der Waals surface area contributed by atoms with E-state index in [-0.39, 0.29) is 30.9 Å². The lowest BCUT2D eigenvalue weighted by Crippen LogP contribution is -2.49. The number of aliphatic hydroxyl groups is 1. The summed E-state index contributed by atoms with van der Waals surface area (Å²) in [6, 6.07) is 4.30. The van der Waals surface area contributed by atoms with Crippen molar-refractivity contribution in [2.45, 2.75) is 37.3 Å². The summed E-state index contributed by atoms with van der Waals surface area (Å²) in [5.74, 6) is -0.156. The van der Waals surface area contributed by atoms with Crippen molar-refractivity contribution in [3.63, 3.8) is 0 Å². The first-order chi connectivity index (χ1) is 10.3. The first-order valence-electron chi connectivity index (χ1n) is 6.55. The van der Waals surface area contributed by atoms with Crippen LogP contribution in [0.5, 0.6) is 5.75 Å². The smallest absolute Gasteiger partial charge is 0.428 e. The number of nitro groups is 1. The van der Waals surface area contributed by atoms with Gasteiger partial charge in [-0.15, -0.1) is 0 Å². The Morgan fingerprint density at radius 3 is 2.50 bits per heavy atom. The lowest BCUT2D eigenvalue weighted by molar-refractivity contribution is -0.384. The van der Waals surface area contributed by atoms with Crippen molar-refractivity contribution in [2.75, 3.05) is 6.61 Å². The standard InChI is InChI=1S/C13H14F3NO5/c14-13(15,16)12(11-7-9(18)5-6-21-11)22-10-3-1-8(2-4-10)17(19)20/h1-4,9,11-12,18H,5-7H2/t9-,11?,12+/m1/s1. The molecule has 1 fully saturated rings. The first-order valence-corrected chi connectivity index (χ1v) is 6.55. The fourth-order valence-electron chi connectivity index (χ4n) is 2.17. The van der Waals surface area contributed by atoms with Crippen LogP contribution in [0.25, 0.3) is 0 Å². The van der Waals surface area contributed by atoms with Gasteiger partial charge in [-0.1, -0.05) is 0 Å². The maximum atomic E-state index is 13.1. The van der Waals surface area contributed by atoms with Crippen LogP contribution in [0.1, 0.15) is 12.8 Å². The Morgan fingerprint density at radius 1 is 1.36 bits per heavy atom. The molecule has 1 saturated heterocycles.